The summed E-state index contributed by atoms with van der Waals surface area (Å²) >= 11 is 0. The average Bonchev–Trinajstić information content (AvgIpc) is 2.94. The van der Waals surface area contributed by atoms with Crippen LogP contribution in [0.5, 0.6) is 0 Å². The van der Waals surface area contributed by atoms with Gasteiger partial charge in [-0.05, 0) is 61.1 Å². The van der Waals surface area contributed by atoms with Crippen LogP contribution < -0.4 is 21.3 Å². The largest absolute Gasteiger partial charge is 0.366 e. The van der Waals surface area contributed by atoms with Crippen molar-refractivity contribution in [2.45, 2.75) is 56.7 Å². The van der Waals surface area contributed by atoms with E-state index in [0.29, 0.717) is 23.3 Å². The first-order valence-corrected chi connectivity index (χ1v) is 12.9. The summed E-state index contributed by atoms with van der Waals surface area (Å²) < 4.78 is 0. The smallest absolute Gasteiger partial charge is 0.248 e. The molecule has 2 fully saturated rings. The molecule has 37 heavy (non-hydrogen) atoms. The van der Waals surface area contributed by atoms with Gasteiger partial charge in [-0.25, -0.2) is 15.0 Å². The summed E-state index contributed by atoms with van der Waals surface area (Å²) in [6.45, 7) is 1.81. The minimum Gasteiger partial charge on any atom is -0.366 e. The fraction of sp³-hybridized carbons (Fsp3) is 0.393. The van der Waals surface area contributed by atoms with Crippen molar-refractivity contribution in [2.24, 2.45) is 5.73 Å². The number of primary amides is 1. The number of rotatable bonds is 7. The molecule has 1 saturated heterocycles. The second-order valence-corrected chi connectivity index (χ2v) is 9.84. The molecule has 0 radical (unpaired) electrons. The molecular weight excluding hydrogens is 464 g/mol. The predicted molar refractivity (Wildman–Crippen MR) is 143 cm³/mol. The number of aromatic nitrogens is 3. The number of hydrogen-bond acceptors (Lipinski definition) is 8. The van der Waals surface area contributed by atoms with E-state index in [0.717, 1.165) is 61.5 Å². The number of amides is 1. The first kappa shape index (κ1) is 24.7. The summed E-state index contributed by atoms with van der Waals surface area (Å²) in [4.78, 5) is 27.1. The maximum Gasteiger partial charge on any atom is 0.248 e. The number of hydrogen-bond donors (Lipinski definition) is 3. The normalized spacial score (nSPS) is 21.7. The van der Waals surface area contributed by atoms with Crippen LogP contribution in [0, 0.1) is 11.3 Å². The zero-order valence-electron chi connectivity index (χ0n) is 20.8. The molecule has 9 heteroatoms. The van der Waals surface area contributed by atoms with Gasteiger partial charge in [-0.2, -0.15) is 5.26 Å². The molecule has 4 N–H and O–H groups in total. The Morgan fingerprint density at radius 1 is 1.00 bits per heavy atom. The molecule has 3 atom stereocenters. The Morgan fingerprint density at radius 3 is 2.62 bits per heavy atom. The van der Waals surface area contributed by atoms with Gasteiger partial charge in [0.2, 0.25) is 5.91 Å². The Kier molecular flexibility index (Phi) is 7.57. The summed E-state index contributed by atoms with van der Waals surface area (Å²) in [6, 6.07) is 14.4. The SMILES string of the molecule is N#Cc1cnc(N2CCCC(NC3CCCCC3Nc3cc(-c4cccc(C(N)=O)c4)ccn3)C2)cn1. The van der Waals surface area contributed by atoms with E-state index in [-0.39, 0.29) is 6.04 Å². The van der Waals surface area contributed by atoms with Gasteiger partial charge in [0.1, 0.15) is 17.7 Å². The highest BCUT2D eigenvalue weighted by molar-refractivity contribution is 5.94. The molecule has 0 bridgehead atoms. The summed E-state index contributed by atoms with van der Waals surface area (Å²) in [5.41, 5.74) is 8.23. The number of nitrogens with one attached hydrogen (secondary N) is 2. The van der Waals surface area contributed by atoms with Crippen LogP contribution in [0.2, 0.25) is 0 Å². The van der Waals surface area contributed by atoms with Crippen LogP contribution in [0.15, 0.2) is 55.0 Å². The second kappa shape index (κ2) is 11.4. The van der Waals surface area contributed by atoms with Crippen molar-refractivity contribution in [3.63, 3.8) is 0 Å². The summed E-state index contributed by atoms with van der Waals surface area (Å²) in [5, 5.41) is 16.6. The predicted octanol–water partition coefficient (Wildman–Crippen LogP) is 3.49. The number of pyridine rings is 1. The lowest BCUT2D eigenvalue weighted by Gasteiger charge is -2.40. The molecule has 1 saturated carbocycles. The minimum atomic E-state index is -0.433. The number of piperidine rings is 1. The molecule has 1 amide bonds. The third kappa shape index (κ3) is 6.04. The number of carbonyl (C=O) groups excluding carboxylic acids is 1. The highest BCUT2D eigenvalue weighted by atomic mass is 16.1. The van der Waals surface area contributed by atoms with E-state index in [1.54, 1.807) is 24.7 Å². The fourth-order valence-electron chi connectivity index (χ4n) is 5.40. The Morgan fingerprint density at radius 2 is 1.84 bits per heavy atom. The standard InChI is InChI=1S/C28H32N8O/c29-15-23-16-33-27(17-32-23)36-12-4-7-22(18-36)34-24-8-1-2-9-25(24)35-26-14-20(10-11-31-26)19-5-3-6-21(13-19)28(30)37/h3,5-6,10-11,13-14,16-17,22,24-25,34H,1-2,4,7-9,12,18H2,(H2,30,37)(H,31,35). The number of nitriles is 1. The number of carbonyl (C=O) groups is 1. The molecule has 3 unspecified atom stereocenters. The average molecular weight is 497 g/mol. The van der Waals surface area contributed by atoms with Crippen molar-refractivity contribution in [3.8, 4) is 17.2 Å². The maximum absolute atomic E-state index is 11.6. The van der Waals surface area contributed by atoms with Gasteiger partial charge < -0.3 is 21.3 Å². The van der Waals surface area contributed by atoms with Gasteiger partial charge in [0.15, 0.2) is 5.69 Å². The van der Waals surface area contributed by atoms with E-state index in [9.17, 15) is 4.79 Å². The third-order valence-electron chi connectivity index (χ3n) is 7.29. The zero-order chi connectivity index (χ0) is 25.6. The van der Waals surface area contributed by atoms with Gasteiger partial charge in [-0.15, -0.1) is 0 Å². The van der Waals surface area contributed by atoms with Gasteiger partial charge in [0, 0.05) is 43.0 Å². The summed E-state index contributed by atoms with van der Waals surface area (Å²) in [5.74, 6) is 1.22. The number of anilines is 2. The first-order chi connectivity index (χ1) is 18.1. The molecule has 1 aliphatic heterocycles. The molecule has 1 aromatic carbocycles. The van der Waals surface area contributed by atoms with Crippen LogP contribution in [0.25, 0.3) is 11.1 Å². The van der Waals surface area contributed by atoms with Gasteiger partial charge >= 0.3 is 0 Å². The van der Waals surface area contributed by atoms with E-state index in [4.69, 9.17) is 11.0 Å². The molecule has 1 aliphatic carbocycles. The number of benzene rings is 1. The molecule has 3 heterocycles. The number of nitrogens with zero attached hydrogens (tertiary/aromatic N) is 5. The monoisotopic (exact) mass is 496 g/mol. The maximum atomic E-state index is 11.6. The Balaban J connectivity index is 1.25. The molecular formula is C28H32N8O. The van der Waals surface area contributed by atoms with Crippen LogP contribution in [-0.2, 0) is 0 Å². The lowest BCUT2D eigenvalue weighted by Crippen LogP contribution is -2.55. The lowest BCUT2D eigenvalue weighted by molar-refractivity contribution is 0.100. The lowest BCUT2D eigenvalue weighted by atomic mass is 9.89. The van der Waals surface area contributed by atoms with Crippen LogP contribution >= 0.6 is 0 Å². The van der Waals surface area contributed by atoms with E-state index in [1.807, 2.05) is 36.4 Å². The Bertz CT molecular complexity index is 1270. The van der Waals surface area contributed by atoms with Gasteiger partial charge in [-0.1, -0.05) is 25.0 Å². The van der Waals surface area contributed by atoms with Gasteiger partial charge in [0.05, 0.1) is 12.4 Å². The van der Waals surface area contributed by atoms with Crippen LogP contribution in [0.3, 0.4) is 0 Å². The van der Waals surface area contributed by atoms with Crippen molar-refractivity contribution >= 4 is 17.5 Å². The zero-order valence-corrected chi connectivity index (χ0v) is 20.8. The highest BCUT2D eigenvalue weighted by Crippen LogP contribution is 2.27. The van der Waals surface area contributed by atoms with E-state index >= 15 is 0 Å². The van der Waals surface area contributed by atoms with Gasteiger partial charge in [0.25, 0.3) is 0 Å². The number of nitrogens with two attached hydrogens (primary N) is 1. The Hall–Kier alpha value is -4.03. The van der Waals surface area contributed by atoms with Crippen LogP contribution in [0.1, 0.15) is 54.6 Å². The van der Waals surface area contributed by atoms with Crippen molar-refractivity contribution < 1.29 is 4.79 Å². The van der Waals surface area contributed by atoms with Crippen molar-refractivity contribution in [2.75, 3.05) is 23.3 Å². The van der Waals surface area contributed by atoms with E-state index in [1.165, 1.54) is 12.8 Å². The molecule has 2 aliphatic rings. The second-order valence-electron chi connectivity index (χ2n) is 9.84. The molecule has 5 rings (SSSR count). The molecule has 2 aromatic heterocycles. The van der Waals surface area contributed by atoms with Crippen LogP contribution in [0.4, 0.5) is 11.6 Å². The summed E-state index contributed by atoms with van der Waals surface area (Å²) in [7, 11) is 0. The molecule has 9 nitrogen and oxygen atoms in total. The highest BCUT2D eigenvalue weighted by Gasteiger charge is 2.30. The quantitative estimate of drug-likeness (QED) is 0.453. The van der Waals surface area contributed by atoms with E-state index < -0.39 is 5.91 Å². The van der Waals surface area contributed by atoms with Gasteiger partial charge in [-0.3, -0.25) is 4.79 Å². The Labute approximate surface area is 217 Å². The fourth-order valence-corrected chi connectivity index (χ4v) is 5.40. The molecule has 190 valence electrons. The van der Waals surface area contributed by atoms with Crippen LogP contribution in [-0.4, -0.2) is 52.1 Å². The van der Waals surface area contributed by atoms with Crippen molar-refractivity contribution in [1.82, 2.24) is 20.3 Å². The minimum absolute atomic E-state index is 0.276. The van der Waals surface area contributed by atoms with Crippen molar-refractivity contribution in [3.05, 3.63) is 66.2 Å². The third-order valence-corrected chi connectivity index (χ3v) is 7.29. The first-order valence-electron chi connectivity index (χ1n) is 12.9. The summed E-state index contributed by atoms with van der Waals surface area (Å²) in [6.07, 6.45) is 11.8. The molecule has 3 aromatic rings. The van der Waals surface area contributed by atoms with E-state index in [2.05, 4.69) is 30.5 Å². The topological polar surface area (TPSA) is 133 Å². The van der Waals surface area contributed by atoms with Crippen molar-refractivity contribution in [1.29, 1.82) is 5.26 Å². The molecule has 0 spiro atoms.